The van der Waals surface area contributed by atoms with Crippen LogP contribution in [0.1, 0.15) is 54.4 Å². The van der Waals surface area contributed by atoms with Gasteiger partial charge < -0.3 is 0 Å². The Labute approximate surface area is 258 Å². The van der Waals surface area contributed by atoms with Crippen molar-refractivity contribution in [2.24, 2.45) is 0 Å². The minimum absolute atomic E-state index is 0.753. The van der Waals surface area contributed by atoms with Crippen molar-refractivity contribution < 1.29 is 0 Å². The quantitative estimate of drug-likeness (QED) is 0.173. The maximum atomic E-state index is 2.88. The Morgan fingerprint density at radius 3 is 0.974 bits per heavy atom. The van der Waals surface area contributed by atoms with Crippen LogP contribution in [0, 0.1) is 0 Å². The molecule has 0 saturated carbocycles. The van der Waals surface area contributed by atoms with Gasteiger partial charge >= 0.3 is 261 Å². The van der Waals surface area contributed by atoms with Crippen molar-refractivity contribution in [1.82, 2.24) is 0 Å². The third-order valence-corrected chi connectivity index (χ3v) is 58.3. The predicted octanol–water partition coefficient (Wildman–Crippen LogP) is 11.3. The van der Waals surface area contributed by atoms with Gasteiger partial charge in [-0.3, -0.25) is 0 Å². The number of hydrogen-bond donors (Lipinski definition) is 0. The van der Waals surface area contributed by atoms with Crippen molar-refractivity contribution in [3.8, 4) is 0 Å². The van der Waals surface area contributed by atoms with E-state index in [1.165, 1.54) is 38.1 Å². The molecule has 220 valence electrons. The Morgan fingerprint density at radius 2 is 0.795 bits per heavy atom. The average molecular weight is 794 g/mol. The van der Waals surface area contributed by atoms with Crippen LogP contribution in [-0.2, 0) is 0 Å². The van der Waals surface area contributed by atoms with Crippen molar-refractivity contribution in [2.45, 2.75) is 149 Å². The van der Waals surface area contributed by atoms with Gasteiger partial charge in [0.2, 0.25) is 0 Å². The van der Waals surface area contributed by atoms with E-state index >= 15 is 0 Å². The summed E-state index contributed by atoms with van der Waals surface area (Å²) >= 11 is -4.65. The Balaban J connectivity index is 3.18. The van der Waals surface area contributed by atoms with Crippen LogP contribution in [0.5, 0.6) is 0 Å². The zero-order chi connectivity index (χ0) is 30.5. The summed E-state index contributed by atoms with van der Waals surface area (Å²) in [7, 11) is -5.37. The summed E-state index contributed by atoms with van der Waals surface area (Å²) in [6.45, 7) is 33.5. The third-order valence-electron chi connectivity index (χ3n) is 10.5. The Kier molecular flexibility index (Phi) is 11.9. The van der Waals surface area contributed by atoms with Crippen LogP contribution >= 0.6 is 0 Å². The fraction of sp³-hybridized carbons (Fsp3) is 0.750. The third kappa shape index (κ3) is 6.29. The van der Waals surface area contributed by atoms with E-state index in [-0.39, 0.29) is 0 Å². The first-order valence-electron chi connectivity index (χ1n) is 16.7. The molecule has 0 fully saturated rings. The molecular weight excluding hydrogens is 728 g/mol. The molecule has 0 nitrogen and oxygen atoms in total. The normalized spacial score (nSPS) is 20.2. The van der Waals surface area contributed by atoms with Crippen LogP contribution in [0.25, 0.3) is 0 Å². The second-order valence-corrected chi connectivity index (χ2v) is 61.5. The van der Waals surface area contributed by atoms with Gasteiger partial charge in [-0.05, 0) is 0 Å². The molecule has 0 N–H and O–H groups in total. The molecular formula is C32H66B2Si3Sn2. The van der Waals surface area contributed by atoms with Crippen LogP contribution in [0.3, 0.4) is 0 Å². The molecule has 0 unspecified atom stereocenters. The van der Waals surface area contributed by atoms with E-state index in [4.69, 9.17) is 0 Å². The molecule has 0 aliphatic carbocycles. The SMILES string of the molecule is CCB(CC)C1=C([Si](C)(C)C2=C(B(CC)CC)C(CC)=[C]([Sn]([CH3])([CH3])[CH3])[Si]2(C)C)[Si](C)(C)[C]([Sn]([CH3])([CH3])[CH3])=C1CC. The molecule has 0 aromatic heterocycles. The predicted molar refractivity (Wildman–Crippen MR) is 201 cm³/mol. The second kappa shape index (κ2) is 12.8. The second-order valence-electron chi connectivity index (χ2n) is 16.4. The summed E-state index contributed by atoms with van der Waals surface area (Å²) in [5, 5.41) is 0. The molecule has 0 amide bonds. The molecule has 0 spiro atoms. The first-order valence-corrected chi connectivity index (χ1v) is 45.6. The molecule has 0 radical (unpaired) electrons. The van der Waals surface area contributed by atoms with E-state index in [0.29, 0.717) is 0 Å². The van der Waals surface area contributed by atoms with Crippen molar-refractivity contribution in [3.05, 3.63) is 38.2 Å². The van der Waals surface area contributed by atoms with E-state index in [0.717, 1.165) is 13.4 Å². The Morgan fingerprint density at radius 1 is 0.538 bits per heavy atom. The van der Waals surface area contributed by atoms with Crippen molar-refractivity contribution in [1.29, 1.82) is 0 Å². The standard InChI is InChI=1S/C26H48B2Si3.6CH3.2Sn/c1-13-21-19-29(7,8)25(23(21)27(15-3)16-4)31(11,12)26-24(28(17-5)18-6)22(14-2)20-30(26,9)10;;;;;;;;/h13-18H2,1-12H3;6*1H3;;. The summed E-state index contributed by atoms with van der Waals surface area (Å²) in [5.41, 5.74) is 7.70. The summed E-state index contributed by atoms with van der Waals surface area (Å²) in [4.78, 5) is 20.7. The zero-order valence-electron chi connectivity index (χ0n) is 29.9. The Hall–Kier alpha value is 1.34. The van der Waals surface area contributed by atoms with Gasteiger partial charge in [0.25, 0.3) is 0 Å². The van der Waals surface area contributed by atoms with Crippen LogP contribution in [0.2, 0.25) is 94.2 Å². The first kappa shape index (κ1) is 36.5. The van der Waals surface area contributed by atoms with Crippen LogP contribution < -0.4 is 0 Å². The molecule has 2 rings (SSSR count). The summed E-state index contributed by atoms with van der Waals surface area (Å²) in [5.74, 6) is 0. The molecule has 7 heteroatoms. The summed E-state index contributed by atoms with van der Waals surface area (Å²) in [6.07, 6.45) is 7.76. The van der Waals surface area contributed by atoms with Crippen LogP contribution in [-0.4, -0.2) is 74.4 Å². The molecule has 2 aliphatic heterocycles. The fourth-order valence-corrected chi connectivity index (χ4v) is 78.9. The van der Waals surface area contributed by atoms with Crippen molar-refractivity contribution >= 4 is 74.4 Å². The molecule has 0 aromatic carbocycles. The average Bonchev–Trinajstić information content (AvgIpc) is 3.19. The van der Waals surface area contributed by atoms with Gasteiger partial charge in [0, 0.05) is 0 Å². The van der Waals surface area contributed by atoms with Gasteiger partial charge in [0.15, 0.2) is 0 Å². The van der Waals surface area contributed by atoms with E-state index in [1.54, 1.807) is 0 Å². The molecule has 2 heterocycles. The molecule has 2 aliphatic rings. The van der Waals surface area contributed by atoms with Crippen LogP contribution in [0.15, 0.2) is 38.2 Å². The van der Waals surface area contributed by atoms with E-state index in [9.17, 15) is 0 Å². The van der Waals surface area contributed by atoms with E-state index in [2.05, 4.69) is 127 Å². The van der Waals surface area contributed by atoms with Gasteiger partial charge in [-0.25, -0.2) is 0 Å². The monoisotopic (exact) mass is 796 g/mol. The van der Waals surface area contributed by atoms with Crippen molar-refractivity contribution in [2.75, 3.05) is 0 Å². The first-order chi connectivity index (χ1) is 17.7. The van der Waals surface area contributed by atoms with E-state index < -0.39 is 61.0 Å². The molecule has 0 aromatic rings. The topological polar surface area (TPSA) is 0 Å². The fourth-order valence-electron chi connectivity index (χ4n) is 10.4. The number of hydrogen-bond acceptors (Lipinski definition) is 0. The van der Waals surface area contributed by atoms with Crippen molar-refractivity contribution in [3.63, 3.8) is 0 Å². The van der Waals surface area contributed by atoms with Gasteiger partial charge in [-0.15, -0.1) is 0 Å². The van der Waals surface area contributed by atoms with Gasteiger partial charge in [-0.1, -0.05) is 0 Å². The Bertz CT molecular complexity index is 988. The molecule has 0 saturated heterocycles. The number of rotatable bonds is 12. The van der Waals surface area contributed by atoms with Gasteiger partial charge in [0.05, 0.1) is 0 Å². The van der Waals surface area contributed by atoms with Gasteiger partial charge in [0.1, 0.15) is 0 Å². The zero-order valence-corrected chi connectivity index (χ0v) is 38.6. The molecule has 0 atom stereocenters. The maximum absolute atomic E-state index is 2.88. The van der Waals surface area contributed by atoms with E-state index in [1.807, 2.05) is 22.1 Å². The molecule has 39 heavy (non-hydrogen) atoms. The summed E-state index contributed by atoms with van der Waals surface area (Å²) in [6, 6.07) is 0. The minimum atomic E-state index is -2.32. The molecule has 0 bridgehead atoms. The van der Waals surface area contributed by atoms with Crippen LogP contribution in [0.4, 0.5) is 0 Å². The summed E-state index contributed by atoms with van der Waals surface area (Å²) < 4.78 is 4.22. The van der Waals surface area contributed by atoms with Gasteiger partial charge in [-0.2, -0.15) is 0 Å². The number of allylic oxidation sites excluding steroid dienone is 4.